The number of amides is 1. The Kier molecular flexibility index (Phi) is 3.13. The molecule has 0 spiro atoms. The zero-order valence-corrected chi connectivity index (χ0v) is 10.9. The maximum Gasteiger partial charge on any atom is 0.248 e. The Labute approximate surface area is 116 Å². The van der Waals surface area contributed by atoms with Crippen LogP contribution in [0.25, 0.3) is 10.9 Å². The van der Waals surface area contributed by atoms with Gasteiger partial charge in [-0.2, -0.15) is 0 Å². The number of fused-ring (bicyclic) bond motifs is 1. The van der Waals surface area contributed by atoms with E-state index in [0.29, 0.717) is 5.56 Å². The lowest BCUT2D eigenvalue weighted by atomic mass is 10.1. The molecule has 100 valence electrons. The van der Waals surface area contributed by atoms with Gasteiger partial charge in [0, 0.05) is 34.9 Å². The number of aromatic amines is 1. The van der Waals surface area contributed by atoms with Crippen molar-refractivity contribution in [3.8, 4) is 0 Å². The molecule has 0 saturated carbocycles. The normalized spacial score (nSPS) is 10.6. The van der Waals surface area contributed by atoms with E-state index in [1.54, 1.807) is 12.1 Å². The number of benzene rings is 2. The van der Waals surface area contributed by atoms with Crippen molar-refractivity contribution in [1.29, 1.82) is 0 Å². The predicted octanol–water partition coefficient (Wildman–Crippen LogP) is 2.88. The molecule has 0 aliphatic carbocycles. The summed E-state index contributed by atoms with van der Waals surface area (Å²) >= 11 is 0. The number of carbonyl (C=O) groups is 1. The van der Waals surface area contributed by atoms with Crippen LogP contribution in [-0.2, 0) is 6.54 Å². The first-order valence-electron chi connectivity index (χ1n) is 6.43. The average molecular weight is 265 g/mol. The number of hydrogen-bond acceptors (Lipinski definition) is 2. The third-order valence-corrected chi connectivity index (χ3v) is 3.34. The van der Waals surface area contributed by atoms with Crippen LogP contribution in [0, 0.1) is 0 Å². The number of primary amides is 1. The summed E-state index contributed by atoms with van der Waals surface area (Å²) in [5.74, 6) is -0.409. The Hall–Kier alpha value is -2.75. The van der Waals surface area contributed by atoms with Gasteiger partial charge in [0.15, 0.2) is 0 Å². The van der Waals surface area contributed by atoms with E-state index in [9.17, 15) is 4.79 Å². The van der Waals surface area contributed by atoms with Crippen LogP contribution in [0.3, 0.4) is 0 Å². The topological polar surface area (TPSA) is 70.9 Å². The van der Waals surface area contributed by atoms with Gasteiger partial charge in [0.1, 0.15) is 0 Å². The van der Waals surface area contributed by atoms with Crippen LogP contribution in [0.1, 0.15) is 15.9 Å². The summed E-state index contributed by atoms with van der Waals surface area (Å²) in [7, 11) is 0. The predicted molar refractivity (Wildman–Crippen MR) is 80.6 cm³/mol. The molecule has 0 saturated heterocycles. The largest absolute Gasteiger partial charge is 0.381 e. The quantitative estimate of drug-likeness (QED) is 0.678. The van der Waals surface area contributed by atoms with Gasteiger partial charge in [-0.25, -0.2) is 0 Å². The fraction of sp³-hybridized carbons (Fsp3) is 0.0625. The van der Waals surface area contributed by atoms with Gasteiger partial charge in [0.2, 0.25) is 5.91 Å². The number of nitrogens with two attached hydrogens (primary N) is 1. The fourth-order valence-electron chi connectivity index (χ4n) is 2.25. The number of H-pyrrole nitrogens is 1. The second-order valence-electron chi connectivity index (χ2n) is 4.65. The van der Waals surface area contributed by atoms with Gasteiger partial charge in [0.25, 0.3) is 0 Å². The van der Waals surface area contributed by atoms with Crippen LogP contribution in [0.4, 0.5) is 5.69 Å². The van der Waals surface area contributed by atoms with Crippen LogP contribution < -0.4 is 11.1 Å². The summed E-state index contributed by atoms with van der Waals surface area (Å²) in [5, 5.41) is 4.56. The van der Waals surface area contributed by atoms with Gasteiger partial charge in [-0.1, -0.05) is 12.1 Å². The Morgan fingerprint density at radius 3 is 2.65 bits per heavy atom. The van der Waals surface area contributed by atoms with Crippen molar-refractivity contribution in [2.45, 2.75) is 6.54 Å². The molecule has 0 radical (unpaired) electrons. The van der Waals surface area contributed by atoms with Gasteiger partial charge in [0.05, 0.1) is 0 Å². The highest BCUT2D eigenvalue weighted by Gasteiger charge is 2.02. The van der Waals surface area contributed by atoms with E-state index in [0.717, 1.165) is 17.7 Å². The molecule has 0 fully saturated rings. The molecule has 1 amide bonds. The van der Waals surface area contributed by atoms with E-state index in [-0.39, 0.29) is 0 Å². The minimum absolute atomic E-state index is 0.409. The molecule has 2 aromatic carbocycles. The van der Waals surface area contributed by atoms with Crippen molar-refractivity contribution in [2.75, 3.05) is 5.32 Å². The summed E-state index contributed by atoms with van der Waals surface area (Å²) in [5.41, 5.74) is 9.05. The SMILES string of the molecule is NC(=O)c1ccc(NCc2cccc3[nH]ccc23)cc1. The van der Waals surface area contributed by atoms with Gasteiger partial charge < -0.3 is 16.0 Å². The first-order valence-corrected chi connectivity index (χ1v) is 6.43. The minimum atomic E-state index is -0.409. The summed E-state index contributed by atoms with van der Waals surface area (Å²) in [6.07, 6.45) is 1.94. The highest BCUT2D eigenvalue weighted by molar-refractivity contribution is 5.93. The van der Waals surface area contributed by atoms with E-state index in [2.05, 4.69) is 28.5 Å². The lowest BCUT2D eigenvalue weighted by Gasteiger charge is -2.08. The Morgan fingerprint density at radius 1 is 1.10 bits per heavy atom. The number of aromatic nitrogens is 1. The lowest BCUT2D eigenvalue weighted by molar-refractivity contribution is 0.100. The summed E-state index contributed by atoms with van der Waals surface area (Å²) in [6, 6.07) is 15.4. The molecule has 3 rings (SSSR count). The molecule has 4 N–H and O–H groups in total. The van der Waals surface area contributed by atoms with Crippen LogP contribution in [0.2, 0.25) is 0 Å². The minimum Gasteiger partial charge on any atom is -0.381 e. The summed E-state index contributed by atoms with van der Waals surface area (Å²) in [4.78, 5) is 14.2. The maximum absolute atomic E-state index is 11.0. The number of rotatable bonds is 4. The zero-order chi connectivity index (χ0) is 13.9. The van der Waals surface area contributed by atoms with E-state index in [1.165, 1.54) is 10.9 Å². The molecule has 1 heterocycles. The fourth-order valence-corrected chi connectivity index (χ4v) is 2.25. The first kappa shape index (κ1) is 12.3. The zero-order valence-electron chi connectivity index (χ0n) is 10.9. The second-order valence-corrected chi connectivity index (χ2v) is 4.65. The van der Waals surface area contributed by atoms with Crippen molar-refractivity contribution in [1.82, 2.24) is 4.98 Å². The van der Waals surface area contributed by atoms with E-state index >= 15 is 0 Å². The summed E-state index contributed by atoms with van der Waals surface area (Å²) < 4.78 is 0. The number of carbonyl (C=O) groups excluding carboxylic acids is 1. The molecule has 0 aliphatic rings. The van der Waals surface area contributed by atoms with Crippen molar-refractivity contribution in [3.63, 3.8) is 0 Å². The second kappa shape index (κ2) is 5.09. The lowest BCUT2D eigenvalue weighted by Crippen LogP contribution is -2.10. The van der Waals surface area contributed by atoms with Crippen LogP contribution in [-0.4, -0.2) is 10.9 Å². The van der Waals surface area contributed by atoms with E-state index < -0.39 is 5.91 Å². The molecule has 0 unspecified atom stereocenters. The monoisotopic (exact) mass is 265 g/mol. The van der Waals surface area contributed by atoms with Crippen molar-refractivity contribution < 1.29 is 4.79 Å². The molecule has 0 atom stereocenters. The highest BCUT2D eigenvalue weighted by atomic mass is 16.1. The van der Waals surface area contributed by atoms with Crippen molar-refractivity contribution in [2.24, 2.45) is 5.73 Å². The molecule has 4 nitrogen and oxygen atoms in total. The maximum atomic E-state index is 11.0. The molecule has 4 heteroatoms. The van der Waals surface area contributed by atoms with Crippen LogP contribution in [0.15, 0.2) is 54.7 Å². The molecule has 0 aliphatic heterocycles. The first-order chi connectivity index (χ1) is 9.74. The number of hydrogen-bond donors (Lipinski definition) is 3. The van der Waals surface area contributed by atoms with E-state index in [4.69, 9.17) is 5.73 Å². The Bertz CT molecular complexity index is 744. The molecule has 1 aromatic heterocycles. The Balaban J connectivity index is 1.76. The Morgan fingerprint density at radius 2 is 1.90 bits per heavy atom. The van der Waals surface area contributed by atoms with Crippen molar-refractivity contribution in [3.05, 3.63) is 65.9 Å². The number of anilines is 1. The van der Waals surface area contributed by atoms with Gasteiger partial charge in [-0.3, -0.25) is 4.79 Å². The molecule has 0 bridgehead atoms. The molecular formula is C16H15N3O. The van der Waals surface area contributed by atoms with Crippen LogP contribution >= 0.6 is 0 Å². The average Bonchev–Trinajstić information content (AvgIpc) is 2.94. The standard InChI is InChI=1S/C16H15N3O/c17-16(20)11-4-6-13(7-5-11)19-10-12-2-1-3-15-14(12)8-9-18-15/h1-9,18-19H,10H2,(H2,17,20). The highest BCUT2D eigenvalue weighted by Crippen LogP contribution is 2.19. The van der Waals surface area contributed by atoms with Crippen LogP contribution in [0.5, 0.6) is 0 Å². The third-order valence-electron chi connectivity index (χ3n) is 3.34. The summed E-state index contributed by atoms with van der Waals surface area (Å²) in [6.45, 7) is 0.727. The molecular weight excluding hydrogens is 250 g/mol. The number of nitrogens with one attached hydrogen (secondary N) is 2. The van der Waals surface area contributed by atoms with Gasteiger partial charge >= 0.3 is 0 Å². The third kappa shape index (κ3) is 2.36. The van der Waals surface area contributed by atoms with Crippen molar-refractivity contribution >= 4 is 22.5 Å². The smallest absolute Gasteiger partial charge is 0.248 e. The van der Waals surface area contributed by atoms with E-state index in [1.807, 2.05) is 24.4 Å². The molecule has 3 aromatic rings. The molecule has 20 heavy (non-hydrogen) atoms. The van der Waals surface area contributed by atoms with Gasteiger partial charge in [-0.15, -0.1) is 0 Å². The van der Waals surface area contributed by atoms with Gasteiger partial charge in [-0.05, 0) is 42.0 Å².